The second-order valence-electron chi connectivity index (χ2n) is 2.40. The molecule has 5 heteroatoms. The second kappa shape index (κ2) is 6.17. The third-order valence-electron chi connectivity index (χ3n) is 1.42. The van der Waals surface area contributed by atoms with E-state index in [4.69, 9.17) is 20.5 Å². The van der Waals surface area contributed by atoms with Gasteiger partial charge in [-0.2, -0.15) is 0 Å². The first kappa shape index (κ1) is 11.7. The average Bonchev–Trinajstić information content (AvgIpc) is 2.19. The van der Waals surface area contributed by atoms with Crippen LogP contribution in [0.25, 0.3) is 0 Å². The summed E-state index contributed by atoms with van der Waals surface area (Å²) in [6.07, 6.45) is 0. The zero-order chi connectivity index (χ0) is 10.4. The number of hydrogen-bond acceptors (Lipinski definition) is 3. The topological polar surface area (TPSA) is 46.5 Å². The van der Waals surface area contributed by atoms with E-state index in [0.29, 0.717) is 5.56 Å². The Balaban J connectivity index is 2.69. The van der Waals surface area contributed by atoms with Crippen LogP contribution >= 0.6 is 11.6 Å². The fourth-order valence-corrected chi connectivity index (χ4v) is 2.54. The number of carbonyl (C=O) groups excluding carboxylic acids is 1. The first-order valence-electron chi connectivity index (χ1n) is 3.95. The first-order valence-corrected chi connectivity index (χ1v) is 5.88. The number of rotatable bonds is 5. The van der Waals surface area contributed by atoms with Crippen molar-refractivity contribution < 1.29 is 13.7 Å². The minimum atomic E-state index is -0.477. The standard InChI is InChI=1S/C9H9ClO3Se/c10-9(12)7-3-1-2-4-8(7)14-13-6-5-11/h1-4,11H,5-6H2. The van der Waals surface area contributed by atoms with Gasteiger partial charge in [-0.05, 0) is 0 Å². The normalized spacial score (nSPS) is 10.1. The van der Waals surface area contributed by atoms with Gasteiger partial charge in [0.1, 0.15) is 0 Å². The Labute approximate surface area is 93.5 Å². The summed E-state index contributed by atoms with van der Waals surface area (Å²) in [6, 6.07) is 7.03. The Kier molecular flexibility index (Phi) is 5.15. The van der Waals surface area contributed by atoms with Crippen molar-refractivity contribution in [3.8, 4) is 0 Å². The van der Waals surface area contributed by atoms with Gasteiger partial charge in [-0.15, -0.1) is 0 Å². The summed E-state index contributed by atoms with van der Waals surface area (Å²) >= 11 is 5.11. The van der Waals surface area contributed by atoms with E-state index in [2.05, 4.69) is 0 Å². The Morgan fingerprint density at radius 2 is 2.21 bits per heavy atom. The third-order valence-corrected chi connectivity index (χ3v) is 3.35. The number of halogens is 1. The van der Waals surface area contributed by atoms with Gasteiger partial charge in [0, 0.05) is 0 Å². The summed E-state index contributed by atoms with van der Waals surface area (Å²) < 4.78 is 5.96. The molecule has 0 radical (unpaired) electrons. The van der Waals surface area contributed by atoms with Crippen LogP contribution in [-0.4, -0.2) is 38.8 Å². The molecule has 0 bridgehead atoms. The molecule has 0 aromatic heterocycles. The van der Waals surface area contributed by atoms with E-state index < -0.39 is 5.24 Å². The third kappa shape index (κ3) is 3.40. The summed E-state index contributed by atoms with van der Waals surface area (Å²) in [5.41, 5.74) is 0.479. The molecule has 0 atom stereocenters. The minimum absolute atomic E-state index is 0.0151. The van der Waals surface area contributed by atoms with Crippen LogP contribution in [0.2, 0.25) is 0 Å². The van der Waals surface area contributed by atoms with E-state index in [1.807, 2.05) is 6.07 Å². The molecule has 0 saturated heterocycles. The van der Waals surface area contributed by atoms with Gasteiger partial charge in [0.15, 0.2) is 0 Å². The Bertz CT molecular complexity index is 317. The molecule has 1 aromatic carbocycles. The van der Waals surface area contributed by atoms with E-state index in [1.165, 1.54) is 0 Å². The van der Waals surface area contributed by atoms with Gasteiger partial charge >= 0.3 is 93.4 Å². The summed E-state index contributed by atoms with van der Waals surface area (Å²) in [5.74, 6) is 0. The van der Waals surface area contributed by atoms with Crippen LogP contribution in [0, 0.1) is 0 Å². The van der Waals surface area contributed by atoms with Crippen molar-refractivity contribution in [3.05, 3.63) is 29.8 Å². The van der Waals surface area contributed by atoms with Crippen molar-refractivity contribution in [1.29, 1.82) is 0 Å². The number of carbonyl (C=O) groups is 1. The molecule has 1 N–H and O–H groups in total. The van der Waals surface area contributed by atoms with E-state index in [9.17, 15) is 4.79 Å². The zero-order valence-electron chi connectivity index (χ0n) is 7.27. The monoisotopic (exact) mass is 280 g/mol. The maximum absolute atomic E-state index is 11.0. The molecule has 0 aliphatic heterocycles. The van der Waals surface area contributed by atoms with Gasteiger partial charge in [0.25, 0.3) is 0 Å². The number of hydrogen-bond donors (Lipinski definition) is 1. The van der Waals surface area contributed by atoms with Crippen molar-refractivity contribution >= 4 is 36.6 Å². The molecule has 0 aliphatic rings. The van der Waals surface area contributed by atoms with Crippen LogP contribution in [0.3, 0.4) is 0 Å². The van der Waals surface area contributed by atoms with Crippen molar-refractivity contribution in [3.63, 3.8) is 0 Å². The summed E-state index contributed by atoms with van der Waals surface area (Å²) in [5, 5.41) is 8.04. The molecular weight excluding hydrogens is 271 g/mol. The zero-order valence-corrected chi connectivity index (χ0v) is 9.74. The molecule has 0 unspecified atom stereocenters. The van der Waals surface area contributed by atoms with Gasteiger partial charge in [0.2, 0.25) is 0 Å². The van der Waals surface area contributed by atoms with E-state index in [-0.39, 0.29) is 28.5 Å². The van der Waals surface area contributed by atoms with Gasteiger partial charge in [0.05, 0.1) is 0 Å². The van der Waals surface area contributed by atoms with Crippen molar-refractivity contribution in [2.75, 3.05) is 13.2 Å². The van der Waals surface area contributed by atoms with Crippen LogP contribution in [-0.2, 0) is 3.82 Å². The maximum atomic E-state index is 11.0. The van der Waals surface area contributed by atoms with Crippen molar-refractivity contribution in [2.45, 2.75) is 0 Å². The van der Waals surface area contributed by atoms with E-state index in [1.54, 1.807) is 18.2 Å². The summed E-state index contributed by atoms with van der Waals surface area (Å²) in [6.45, 7) is 0.267. The number of aliphatic hydroxyl groups excluding tert-OH is 1. The molecule has 76 valence electrons. The van der Waals surface area contributed by atoms with Gasteiger partial charge < -0.3 is 0 Å². The van der Waals surface area contributed by atoms with Crippen LogP contribution in [0.15, 0.2) is 24.3 Å². The van der Waals surface area contributed by atoms with Crippen LogP contribution in [0.5, 0.6) is 0 Å². The fraction of sp³-hybridized carbons (Fsp3) is 0.222. The van der Waals surface area contributed by atoms with Crippen LogP contribution in [0.1, 0.15) is 10.4 Å². The van der Waals surface area contributed by atoms with Crippen molar-refractivity contribution in [2.24, 2.45) is 0 Å². The second-order valence-corrected chi connectivity index (χ2v) is 4.51. The number of aliphatic hydroxyl groups is 1. The Morgan fingerprint density at radius 1 is 1.50 bits per heavy atom. The molecule has 14 heavy (non-hydrogen) atoms. The van der Waals surface area contributed by atoms with Crippen molar-refractivity contribution in [1.82, 2.24) is 0 Å². The summed E-state index contributed by atoms with van der Waals surface area (Å²) in [7, 11) is 0. The molecule has 0 saturated carbocycles. The SMILES string of the molecule is O=C(Cl)c1ccccc1[Se]OCCO. The quantitative estimate of drug-likeness (QED) is 0.480. The Hall–Kier alpha value is -0.381. The average molecular weight is 280 g/mol. The molecule has 0 fully saturated rings. The molecule has 0 heterocycles. The van der Waals surface area contributed by atoms with Gasteiger partial charge in [-0.1, -0.05) is 0 Å². The number of benzene rings is 1. The van der Waals surface area contributed by atoms with Gasteiger partial charge in [-0.25, -0.2) is 0 Å². The molecule has 3 nitrogen and oxygen atoms in total. The van der Waals surface area contributed by atoms with Gasteiger partial charge in [-0.3, -0.25) is 0 Å². The first-order chi connectivity index (χ1) is 6.75. The molecular formula is C9H9ClO3Se. The Morgan fingerprint density at radius 3 is 2.86 bits per heavy atom. The molecule has 0 aliphatic carbocycles. The molecule has 0 amide bonds. The molecule has 1 aromatic rings. The van der Waals surface area contributed by atoms with E-state index >= 15 is 0 Å². The summed E-state index contributed by atoms with van der Waals surface area (Å²) in [4.78, 5) is 11.0. The predicted octanol–water partition coefficient (Wildman–Crippen LogP) is 0.319. The molecule has 1 rings (SSSR count). The fourth-order valence-electron chi connectivity index (χ4n) is 0.844. The molecule has 0 spiro atoms. The van der Waals surface area contributed by atoms with Crippen LogP contribution < -0.4 is 4.46 Å². The van der Waals surface area contributed by atoms with Crippen LogP contribution in [0.4, 0.5) is 0 Å². The predicted molar refractivity (Wildman–Crippen MR) is 55.1 cm³/mol. The van der Waals surface area contributed by atoms with E-state index in [0.717, 1.165) is 4.46 Å².